The second kappa shape index (κ2) is 3.83. The lowest BCUT2D eigenvalue weighted by atomic mass is 9.86. The quantitative estimate of drug-likeness (QED) is 0.642. The third-order valence-electron chi connectivity index (χ3n) is 3.45. The number of fused-ring (bicyclic) bond motifs is 1. The molecule has 1 unspecified atom stereocenters. The zero-order valence-corrected chi connectivity index (χ0v) is 9.12. The normalized spacial score (nSPS) is 30.2. The van der Waals surface area contributed by atoms with E-state index in [2.05, 4.69) is 0 Å². The Labute approximate surface area is 89.6 Å². The summed E-state index contributed by atoms with van der Waals surface area (Å²) in [5, 5.41) is 0. The summed E-state index contributed by atoms with van der Waals surface area (Å²) in [6, 6.07) is 0. The van der Waals surface area contributed by atoms with Gasteiger partial charge in [-0.05, 0) is 32.6 Å². The number of ether oxygens (including phenoxy) is 1. The number of hydrogen-bond donors (Lipinski definition) is 0. The minimum Gasteiger partial charge on any atom is -0.464 e. The van der Waals surface area contributed by atoms with E-state index >= 15 is 0 Å². The van der Waals surface area contributed by atoms with Gasteiger partial charge >= 0.3 is 5.97 Å². The first-order valence-electron chi connectivity index (χ1n) is 5.68. The molecule has 2 saturated heterocycles. The first kappa shape index (κ1) is 10.5. The highest BCUT2D eigenvalue weighted by Crippen LogP contribution is 2.39. The summed E-state index contributed by atoms with van der Waals surface area (Å²) in [5.74, 6) is -0.0849. The first-order chi connectivity index (χ1) is 7.20. The van der Waals surface area contributed by atoms with E-state index in [4.69, 9.17) is 4.74 Å². The van der Waals surface area contributed by atoms with Gasteiger partial charge in [0.2, 0.25) is 5.91 Å². The average Bonchev–Trinajstić information content (AvgIpc) is 2.59. The topological polar surface area (TPSA) is 46.6 Å². The Morgan fingerprint density at radius 1 is 1.47 bits per heavy atom. The van der Waals surface area contributed by atoms with Gasteiger partial charge in [0.15, 0.2) is 0 Å². The van der Waals surface area contributed by atoms with Crippen LogP contribution in [0.4, 0.5) is 0 Å². The van der Waals surface area contributed by atoms with Crippen molar-refractivity contribution in [2.45, 2.75) is 44.6 Å². The number of piperidine rings is 1. The Kier molecular flexibility index (Phi) is 2.67. The minimum absolute atomic E-state index is 0.114. The van der Waals surface area contributed by atoms with Crippen LogP contribution in [0.1, 0.15) is 39.0 Å². The van der Waals surface area contributed by atoms with Crippen molar-refractivity contribution in [2.24, 2.45) is 0 Å². The van der Waals surface area contributed by atoms with E-state index < -0.39 is 5.54 Å². The van der Waals surface area contributed by atoms with E-state index in [-0.39, 0.29) is 11.9 Å². The summed E-state index contributed by atoms with van der Waals surface area (Å²) in [6.45, 7) is 2.92. The Bertz CT molecular complexity index is 290. The van der Waals surface area contributed by atoms with E-state index in [9.17, 15) is 9.59 Å². The van der Waals surface area contributed by atoms with Gasteiger partial charge in [-0.1, -0.05) is 0 Å². The number of rotatable bonds is 2. The number of carbonyl (C=O) groups excluding carboxylic acids is 2. The molecule has 0 aromatic rings. The Morgan fingerprint density at radius 3 is 3.00 bits per heavy atom. The van der Waals surface area contributed by atoms with Crippen molar-refractivity contribution >= 4 is 11.9 Å². The standard InChI is InChI=1S/C11H17NO3/c1-2-15-10(14)11-6-3-4-8-12(11)9(13)5-7-11/h2-8H2,1H3. The lowest BCUT2D eigenvalue weighted by Gasteiger charge is -2.39. The van der Waals surface area contributed by atoms with Crippen molar-refractivity contribution in [3.8, 4) is 0 Å². The molecule has 0 saturated carbocycles. The molecule has 4 nitrogen and oxygen atoms in total. The van der Waals surface area contributed by atoms with Gasteiger partial charge in [0, 0.05) is 13.0 Å². The third-order valence-corrected chi connectivity index (χ3v) is 3.45. The van der Waals surface area contributed by atoms with E-state index in [0.717, 1.165) is 25.8 Å². The maximum Gasteiger partial charge on any atom is 0.332 e. The summed E-state index contributed by atoms with van der Waals surface area (Å²) < 4.78 is 5.10. The Balaban J connectivity index is 2.22. The van der Waals surface area contributed by atoms with E-state index in [0.29, 0.717) is 19.4 Å². The molecule has 0 spiro atoms. The summed E-state index contributed by atoms with van der Waals surface area (Å²) in [4.78, 5) is 25.3. The molecule has 4 heteroatoms. The van der Waals surface area contributed by atoms with Crippen molar-refractivity contribution < 1.29 is 14.3 Å². The van der Waals surface area contributed by atoms with Crippen molar-refractivity contribution in [1.29, 1.82) is 0 Å². The molecular weight excluding hydrogens is 194 g/mol. The first-order valence-corrected chi connectivity index (χ1v) is 5.68. The fraction of sp³-hybridized carbons (Fsp3) is 0.818. The van der Waals surface area contributed by atoms with Crippen LogP contribution < -0.4 is 0 Å². The smallest absolute Gasteiger partial charge is 0.332 e. The largest absolute Gasteiger partial charge is 0.464 e. The molecule has 2 aliphatic heterocycles. The number of esters is 1. The minimum atomic E-state index is -0.606. The van der Waals surface area contributed by atoms with Gasteiger partial charge in [0.05, 0.1) is 6.61 Å². The van der Waals surface area contributed by atoms with E-state index in [1.165, 1.54) is 0 Å². The van der Waals surface area contributed by atoms with Crippen LogP contribution >= 0.6 is 0 Å². The molecule has 1 amide bonds. The van der Waals surface area contributed by atoms with Crippen molar-refractivity contribution in [3.63, 3.8) is 0 Å². The van der Waals surface area contributed by atoms with Crippen LogP contribution in [0.5, 0.6) is 0 Å². The molecule has 1 atom stereocenters. The molecule has 0 N–H and O–H groups in total. The second-order valence-electron chi connectivity index (χ2n) is 4.25. The molecule has 0 aliphatic carbocycles. The van der Waals surface area contributed by atoms with Gasteiger partial charge < -0.3 is 9.64 Å². The van der Waals surface area contributed by atoms with E-state index in [1.54, 1.807) is 11.8 Å². The zero-order chi connectivity index (χ0) is 10.9. The Hall–Kier alpha value is -1.06. The summed E-state index contributed by atoms with van der Waals surface area (Å²) >= 11 is 0. The molecular formula is C11H17NO3. The van der Waals surface area contributed by atoms with Crippen LogP contribution in [0.3, 0.4) is 0 Å². The highest BCUT2D eigenvalue weighted by Gasteiger charge is 2.52. The lowest BCUT2D eigenvalue weighted by Crippen LogP contribution is -2.55. The third kappa shape index (κ3) is 1.52. The molecule has 0 bridgehead atoms. The molecule has 84 valence electrons. The molecule has 2 aliphatic rings. The molecule has 2 fully saturated rings. The number of nitrogens with zero attached hydrogens (tertiary/aromatic N) is 1. The van der Waals surface area contributed by atoms with Gasteiger partial charge in [-0.3, -0.25) is 4.79 Å². The SMILES string of the molecule is CCOC(=O)C12CCCCN1C(=O)CC2. The van der Waals surface area contributed by atoms with Crippen molar-refractivity contribution in [2.75, 3.05) is 13.2 Å². The molecule has 0 aromatic heterocycles. The fourth-order valence-electron chi connectivity index (χ4n) is 2.69. The van der Waals surface area contributed by atoms with Crippen LogP contribution in [0.25, 0.3) is 0 Å². The number of hydrogen-bond acceptors (Lipinski definition) is 3. The maximum atomic E-state index is 11.9. The number of amides is 1. The van der Waals surface area contributed by atoms with Gasteiger partial charge in [-0.25, -0.2) is 4.79 Å². The summed E-state index contributed by atoms with van der Waals surface area (Å²) in [6.07, 6.45) is 3.94. The van der Waals surface area contributed by atoms with Gasteiger partial charge in [-0.15, -0.1) is 0 Å². The molecule has 0 radical (unpaired) electrons. The van der Waals surface area contributed by atoms with Crippen LogP contribution in [-0.2, 0) is 14.3 Å². The van der Waals surface area contributed by atoms with Crippen LogP contribution in [0.2, 0.25) is 0 Å². The van der Waals surface area contributed by atoms with Gasteiger partial charge in [0.25, 0.3) is 0 Å². The fourth-order valence-corrected chi connectivity index (χ4v) is 2.69. The highest BCUT2D eigenvalue weighted by atomic mass is 16.5. The molecule has 15 heavy (non-hydrogen) atoms. The highest BCUT2D eigenvalue weighted by molar-refractivity contribution is 5.92. The van der Waals surface area contributed by atoms with Crippen LogP contribution in [0, 0.1) is 0 Å². The number of carbonyl (C=O) groups is 2. The van der Waals surface area contributed by atoms with E-state index in [1.807, 2.05) is 0 Å². The van der Waals surface area contributed by atoms with Gasteiger partial charge in [0.1, 0.15) is 5.54 Å². The maximum absolute atomic E-state index is 11.9. The zero-order valence-electron chi connectivity index (χ0n) is 9.12. The predicted octanol–water partition coefficient (Wildman–Crippen LogP) is 1.09. The molecule has 2 heterocycles. The van der Waals surface area contributed by atoms with Crippen molar-refractivity contribution in [1.82, 2.24) is 4.90 Å². The van der Waals surface area contributed by atoms with Gasteiger partial charge in [-0.2, -0.15) is 0 Å². The summed E-state index contributed by atoms with van der Waals surface area (Å²) in [5.41, 5.74) is -0.606. The summed E-state index contributed by atoms with van der Waals surface area (Å²) in [7, 11) is 0. The molecule has 2 rings (SSSR count). The lowest BCUT2D eigenvalue weighted by molar-refractivity contribution is -0.162. The Morgan fingerprint density at radius 2 is 2.27 bits per heavy atom. The van der Waals surface area contributed by atoms with Crippen molar-refractivity contribution in [3.05, 3.63) is 0 Å². The predicted molar refractivity (Wildman–Crippen MR) is 54.2 cm³/mol. The monoisotopic (exact) mass is 211 g/mol. The van der Waals surface area contributed by atoms with Crippen LogP contribution in [0.15, 0.2) is 0 Å². The second-order valence-corrected chi connectivity index (χ2v) is 4.25. The average molecular weight is 211 g/mol. The molecule has 0 aromatic carbocycles. The van der Waals surface area contributed by atoms with Crippen LogP contribution in [-0.4, -0.2) is 35.5 Å².